The quantitative estimate of drug-likeness (QED) is 0.829. The maximum atomic E-state index is 5.69. The molecular formula is C17H19NO3. The summed E-state index contributed by atoms with van der Waals surface area (Å²) in [6.45, 7) is 2.07. The van der Waals surface area contributed by atoms with E-state index in [0.29, 0.717) is 13.2 Å². The van der Waals surface area contributed by atoms with Crippen LogP contribution in [0.5, 0.6) is 17.2 Å². The van der Waals surface area contributed by atoms with Crippen LogP contribution in [-0.4, -0.2) is 26.9 Å². The molecule has 2 aromatic rings. The highest BCUT2D eigenvalue weighted by Gasteiger charge is 2.22. The molecule has 0 spiro atoms. The Morgan fingerprint density at radius 2 is 1.86 bits per heavy atom. The molecular weight excluding hydrogens is 266 g/mol. The molecule has 0 aliphatic carbocycles. The molecule has 4 heteroatoms. The predicted octanol–water partition coefficient (Wildman–Crippen LogP) is 2.80. The molecule has 2 aromatic carbocycles. The average molecular weight is 285 g/mol. The fourth-order valence-corrected chi connectivity index (χ4v) is 2.41. The van der Waals surface area contributed by atoms with Gasteiger partial charge in [-0.15, -0.1) is 0 Å². The molecule has 4 nitrogen and oxygen atoms in total. The first kappa shape index (κ1) is 13.8. The Morgan fingerprint density at radius 3 is 2.67 bits per heavy atom. The van der Waals surface area contributed by atoms with Crippen molar-refractivity contribution in [3.63, 3.8) is 0 Å². The van der Waals surface area contributed by atoms with Crippen LogP contribution < -0.4 is 19.5 Å². The van der Waals surface area contributed by atoms with Gasteiger partial charge in [0.1, 0.15) is 30.5 Å². The molecule has 0 radical (unpaired) electrons. The summed E-state index contributed by atoms with van der Waals surface area (Å²) in [6.07, 6.45) is 0. The van der Waals surface area contributed by atoms with Gasteiger partial charge in [-0.25, -0.2) is 0 Å². The van der Waals surface area contributed by atoms with Gasteiger partial charge >= 0.3 is 0 Å². The first-order chi connectivity index (χ1) is 10.4. The minimum absolute atomic E-state index is 0.251. The van der Waals surface area contributed by atoms with Crippen molar-refractivity contribution in [2.75, 3.05) is 26.9 Å². The summed E-state index contributed by atoms with van der Waals surface area (Å²) in [5.74, 6) is 2.66. The second-order valence-electron chi connectivity index (χ2n) is 4.88. The van der Waals surface area contributed by atoms with E-state index in [4.69, 9.17) is 14.2 Å². The Labute approximate surface area is 124 Å². The Hall–Kier alpha value is -2.20. The van der Waals surface area contributed by atoms with Crippen LogP contribution in [0.15, 0.2) is 48.5 Å². The number of ether oxygens (including phenoxy) is 3. The van der Waals surface area contributed by atoms with Crippen LogP contribution in [0, 0.1) is 0 Å². The van der Waals surface area contributed by atoms with Crippen LogP contribution in [0.2, 0.25) is 0 Å². The van der Waals surface area contributed by atoms with Crippen molar-refractivity contribution >= 4 is 0 Å². The summed E-state index contributed by atoms with van der Waals surface area (Å²) < 4.78 is 16.4. The van der Waals surface area contributed by atoms with E-state index in [1.165, 1.54) is 5.56 Å². The number of hydrogen-bond acceptors (Lipinski definition) is 4. The minimum Gasteiger partial charge on any atom is -0.497 e. The topological polar surface area (TPSA) is 39.7 Å². The SMILES string of the molecule is COc1ccc(OCCNC2COc3ccccc32)cc1. The molecule has 21 heavy (non-hydrogen) atoms. The molecule has 0 aromatic heterocycles. The van der Waals surface area contributed by atoms with Gasteiger partial charge in [0.05, 0.1) is 13.2 Å². The van der Waals surface area contributed by atoms with E-state index in [0.717, 1.165) is 23.8 Å². The molecule has 0 saturated heterocycles. The second kappa shape index (κ2) is 6.50. The molecule has 1 unspecified atom stereocenters. The first-order valence-corrected chi connectivity index (χ1v) is 7.09. The van der Waals surface area contributed by atoms with Gasteiger partial charge < -0.3 is 19.5 Å². The van der Waals surface area contributed by atoms with Crippen molar-refractivity contribution in [3.8, 4) is 17.2 Å². The highest BCUT2D eigenvalue weighted by Crippen LogP contribution is 2.31. The van der Waals surface area contributed by atoms with Gasteiger partial charge in [0, 0.05) is 12.1 Å². The molecule has 1 aliphatic heterocycles. The Morgan fingerprint density at radius 1 is 1.10 bits per heavy atom. The molecule has 110 valence electrons. The van der Waals surface area contributed by atoms with Crippen molar-refractivity contribution in [2.45, 2.75) is 6.04 Å². The van der Waals surface area contributed by atoms with Crippen LogP contribution in [0.25, 0.3) is 0 Å². The summed E-state index contributed by atoms with van der Waals surface area (Å²) in [5, 5.41) is 3.46. The number of methoxy groups -OCH3 is 1. The third-order valence-electron chi connectivity index (χ3n) is 3.52. The number of hydrogen-bond donors (Lipinski definition) is 1. The van der Waals surface area contributed by atoms with Gasteiger partial charge in [-0.05, 0) is 30.3 Å². The smallest absolute Gasteiger partial charge is 0.124 e. The van der Waals surface area contributed by atoms with Gasteiger partial charge in [0.25, 0.3) is 0 Å². The summed E-state index contributed by atoms with van der Waals surface area (Å²) in [5.41, 5.74) is 1.22. The normalized spacial score (nSPS) is 16.1. The van der Waals surface area contributed by atoms with Gasteiger partial charge in [-0.3, -0.25) is 0 Å². The lowest BCUT2D eigenvalue weighted by Crippen LogP contribution is -2.27. The molecule has 1 N–H and O–H groups in total. The van der Waals surface area contributed by atoms with Gasteiger partial charge in [-0.2, -0.15) is 0 Å². The zero-order chi connectivity index (χ0) is 14.5. The van der Waals surface area contributed by atoms with E-state index in [1.54, 1.807) is 7.11 Å². The Kier molecular flexibility index (Phi) is 4.26. The van der Waals surface area contributed by atoms with Gasteiger partial charge in [0.2, 0.25) is 0 Å². The molecule has 1 aliphatic rings. The van der Waals surface area contributed by atoms with E-state index in [1.807, 2.05) is 42.5 Å². The summed E-state index contributed by atoms with van der Waals surface area (Å²) in [7, 11) is 1.65. The van der Waals surface area contributed by atoms with Crippen molar-refractivity contribution in [2.24, 2.45) is 0 Å². The second-order valence-corrected chi connectivity index (χ2v) is 4.88. The molecule has 0 bridgehead atoms. The zero-order valence-corrected chi connectivity index (χ0v) is 12.0. The highest BCUT2D eigenvalue weighted by molar-refractivity contribution is 5.39. The summed E-state index contributed by atoms with van der Waals surface area (Å²) >= 11 is 0. The van der Waals surface area contributed by atoms with E-state index in [2.05, 4.69) is 11.4 Å². The van der Waals surface area contributed by atoms with Crippen molar-refractivity contribution < 1.29 is 14.2 Å². The van der Waals surface area contributed by atoms with Crippen LogP contribution in [0.1, 0.15) is 11.6 Å². The Bertz CT molecular complexity index is 583. The molecule has 0 saturated carbocycles. The summed E-state index contributed by atoms with van der Waals surface area (Å²) in [6, 6.07) is 16.0. The highest BCUT2D eigenvalue weighted by atomic mass is 16.5. The standard InChI is InChI=1S/C17H19NO3/c1-19-13-6-8-14(9-7-13)20-11-10-18-16-12-21-17-5-3-2-4-15(16)17/h2-9,16,18H,10-12H2,1H3. The van der Waals surface area contributed by atoms with Crippen molar-refractivity contribution in [1.29, 1.82) is 0 Å². The fraction of sp³-hybridized carbons (Fsp3) is 0.294. The van der Waals surface area contributed by atoms with Crippen LogP contribution in [-0.2, 0) is 0 Å². The number of fused-ring (bicyclic) bond motifs is 1. The average Bonchev–Trinajstić information content (AvgIpc) is 2.95. The monoisotopic (exact) mass is 285 g/mol. The third kappa shape index (κ3) is 3.28. The molecule has 1 atom stereocenters. The fourth-order valence-electron chi connectivity index (χ4n) is 2.41. The zero-order valence-electron chi connectivity index (χ0n) is 12.0. The van der Waals surface area contributed by atoms with Crippen LogP contribution in [0.3, 0.4) is 0 Å². The van der Waals surface area contributed by atoms with Gasteiger partial charge in [0.15, 0.2) is 0 Å². The number of para-hydroxylation sites is 1. The predicted molar refractivity (Wildman–Crippen MR) is 81.2 cm³/mol. The lowest BCUT2D eigenvalue weighted by atomic mass is 10.1. The van der Waals surface area contributed by atoms with E-state index < -0.39 is 0 Å². The van der Waals surface area contributed by atoms with Crippen LogP contribution in [0.4, 0.5) is 0 Å². The van der Waals surface area contributed by atoms with Crippen molar-refractivity contribution in [3.05, 3.63) is 54.1 Å². The maximum Gasteiger partial charge on any atom is 0.124 e. The first-order valence-electron chi connectivity index (χ1n) is 7.09. The third-order valence-corrected chi connectivity index (χ3v) is 3.52. The van der Waals surface area contributed by atoms with E-state index >= 15 is 0 Å². The lowest BCUT2D eigenvalue weighted by Gasteiger charge is -2.12. The molecule has 1 heterocycles. The Balaban J connectivity index is 1.44. The lowest BCUT2D eigenvalue weighted by molar-refractivity contribution is 0.279. The largest absolute Gasteiger partial charge is 0.497 e. The molecule has 0 fully saturated rings. The number of nitrogens with one attached hydrogen (secondary N) is 1. The van der Waals surface area contributed by atoms with E-state index in [-0.39, 0.29) is 6.04 Å². The van der Waals surface area contributed by atoms with E-state index in [9.17, 15) is 0 Å². The molecule has 0 amide bonds. The molecule has 3 rings (SSSR count). The minimum atomic E-state index is 0.251. The number of benzene rings is 2. The van der Waals surface area contributed by atoms with Crippen molar-refractivity contribution in [1.82, 2.24) is 5.32 Å². The maximum absolute atomic E-state index is 5.69. The van der Waals surface area contributed by atoms with Gasteiger partial charge in [-0.1, -0.05) is 18.2 Å². The number of rotatable bonds is 6. The van der Waals surface area contributed by atoms with Crippen LogP contribution >= 0.6 is 0 Å². The summed E-state index contributed by atoms with van der Waals surface area (Å²) in [4.78, 5) is 0.